The number of nitrogens with zero attached hydrogens (tertiary/aromatic N) is 2. The summed E-state index contributed by atoms with van der Waals surface area (Å²) in [6, 6.07) is 7.70. The maximum atomic E-state index is 12.0. The van der Waals surface area contributed by atoms with Crippen molar-refractivity contribution in [1.82, 2.24) is 15.1 Å². The Labute approximate surface area is 132 Å². The fourth-order valence-electron chi connectivity index (χ4n) is 2.66. The molecule has 1 aromatic rings. The Bertz CT molecular complexity index is 517. The van der Waals surface area contributed by atoms with E-state index in [4.69, 9.17) is 0 Å². The number of nitrogens with one attached hydrogen (secondary N) is 1. The molecule has 0 saturated carbocycles. The first kappa shape index (κ1) is 16.5. The van der Waals surface area contributed by atoms with E-state index in [2.05, 4.69) is 10.2 Å². The molecule has 0 unspecified atom stereocenters. The molecule has 0 bridgehead atoms. The first-order chi connectivity index (χ1) is 10.5. The second-order valence-electron chi connectivity index (χ2n) is 6.03. The lowest BCUT2D eigenvalue weighted by Crippen LogP contribution is -2.49. The third-order valence-corrected chi connectivity index (χ3v) is 4.03. The van der Waals surface area contributed by atoms with E-state index in [1.165, 1.54) is 5.56 Å². The Morgan fingerprint density at radius 2 is 1.68 bits per heavy atom. The van der Waals surface area contributed by atoms with Crippen LogP contribution in [0.4, 0.5) is 0 Å². The number of rotatable bonds is 4. The number of hydrogen-bond donors (Lipinski definition) is 1. The number of hydrogen-bond acceptors (Lipinski definition) is 3. The second-order valence-corrected chi connectivity index (χ2v) is 6.03. The molecule has 2 amide bonds. The van der Waals surface area contributed by atoms with Crippen LogP contribution in [-0.2, 0) is 11.3 Å². The minimum Gasteiger partial charge on any atom is -0.355 e. The molecule has 5 nitrogen and oxygen atoms in total. The van der Waals surface area contributed by atoms with Crippen molar-refractivity contribution in [2.24, 2.45) is 5.92 Å². The Kier molecular flexibility index (Phi) is 5.55. The first-order valence-electron chi connectivity index (χ1n) is 7.83. The number of carbonyl (C=O) groups excluding carboxylic acids is 2. The highest BCUT2D eigenvalue weighted by molar-refractivity contribution is 5.93. The Morgan fingerprint density at radius 3 is 2.18 bits per heavy atom. The van der Waals surface area contributed by atoms with Crippen molar-refractivity contribution in [3.63, 3.8) is 0 Å². The molecule has 1 heterocycles. The minimum atomic E-state index is -0.0626. The molecule has 1 aliphatic rings. The molecule has 1 aromatic carbocycles. The Hall–Kier alpha value is -1.88. The maximum Gasteiger partial charge on any atom is 0.251 e. The second kappa shape index (κ2) is 7.40. The predicted molar refractivity (Wildman–Crippen MR) is 86.5 cm³/mol. The summed E-state index contributed by atoms with van der Waals surface area (Å²) in [7, 11) is 1.63. The van der Waals surface area contributed by atoms with Gasteiger partial charge >= 0.3 is 0 Å². The van der Waals surface area contributed by atoms with Crippen LogP contribution in [0.1, 0.15) is 29.8 Å². The molecule has 0 spiro atoms. The third-order valence-electron chi connectivity index (χ3n) is 4.03. The maximum absolute atomic E-state index is 12.0. The monoisotopic (exact) mass is 303 g/mol. The summed E-state index contributed by atoms with van der Waals surface area (Å²) >= 11 is 0. The van der Waals surface area contributed by atoms with E-state index in [-0.39, 0.29) is 17.7 Å². The number of piperazine rings is 1. The standard InChI is InChI=1S/C17H25N3O2/c1-13(2)17(22)20-10-8-19(9-11-20)12-14-4-6-15(7-5-14)16(21)18-3/h4-7,13H,8-12H2,1-3H3,(H,18,21). The Balaban J connectivity index is 1.86. The summed E-state index contributed by atoms with van der Waals surface area (Å²) in [6.45, 7) is 8.15. The van der Waals surface area contributed by atoms with Gasteiger partial charge in [0.05, 0.1) is 0 Å². The highest BCUT2D eigenvalue weighted by atomic mass is 16.2. The molecule has 1 N–H and O–H groups in total. The average Bonchev–Trinajstić information content (AvgIpc) is 2.54. The normalized spacial score (nSPS) is 15.9. The zero-order chi connectivity index (χ0) is 16.1. The van der Waals surface area contributed by atoms with E-state index >= 15 is 0 Å². The zero-order valence-corrected chi connectivity index (χ0v) is 13.6. The molecule has 120 valence electrons. The summed E-state index contributed by atoms with van der Waals surface area (Å²) < 4.78 is 0. The van der Waals surface area contributed by atoms with Gasteiger partial charge in [0.15, 0.2) is 0 Å². The van der Waals surface area contributed by atoms with E-state index < -0.39 is 0 Å². The smallest absolute Gasteiger partial charge is 0.251 e. The lowest BCUT2D eigenvalue weighted by Gasteiger charge is -2.35. The molecule has 2 rings (SSSR count). The summed E-state index contributed by atoms with van der Waals surface area (Å²) in [4.78, 5) is 27.8. The van der Waals surface area contributed by atoms with E-state index in [9.17, 15) is 9.59 Å². The summed E-state index contributed by atoms with van der Waals surface area (Å²) in [5.74, 6) is 0.255. The highest BCUT2D eigenvalue weighted by Crippen LogP contribution is 2.12. The largest absolute Gasteiger partial charge is 0.355 e. The van der Waals surface area contributed by atoms with Gasteiger partial charge in [-0.2, -0.15) is 0 Å². The molecular formula is C17H25N3O2. The molecule has 0 aromatic heterocycles. The molecule has 1 aliphatic heterocycles. The van der Waals surface area contributed by atoms with Gasteiger partial charge in [-0.05, 0) is 17.7 Å². The van der Waals surface area contributed by atoms with E-state index in [1.807, 2.05) is 43.0 Å². The quantitative estimate of drug-likeness (QED) is 0.913. The van der Waals surface area contributed by atoms with Crippen molar-refractivity contribution in [3.05, 3.63) is 35.4 Å². The third kappa shape index (κ3) is 4.07. The van der Waals surface area contributed by atoms with Crippen molar-refractivity contribution in [3.8, 4) is 0 Å². The first-order valence-corrected chi connectivity index (χ1v) is 7.83. The number of amides is 2. The van der Waals surface area contributed by atoms with Crippen molar-refractivity contribution >= 4 is 11.8 Å². The van der Waals surface area contributed by atoms with Gasteiger partial charge in [-0.3, -0.25) is 14.5 Å². The predicted octanol–water partition coefficient (Wildman–Crippen LogP) is 1.35. The van der Waals surface area contributed by atoms with Crippen LogP contribution in [0.15, 0.2) is 24.3 Å². The summed E-state index contributed by atoms with van der Waals surface area (Å²) in [5.41, 5.74) is 1.87. The lowest BCUT2D eigenvalue weighted by molar-refractivity contribution is -0.136. The molecular weight excluding hydrogens is 278 g/mol. The molecule has 22 heavy (non-hydrogen) atoms. The molecule has 0 radical (unpaired) electrons. The van der Waals surface area contributed by atoms with Gasteiger partial charge in [0, 0.05) is 51.3 Å². The van der Waals surface area contributed by atoms with E-state index in [1.54, 1.807) is 7.05 Å². The molecule has 1 saturated heterocycles. The van der Waals surface area contributed by atoms with Crippen molar-refractivity contribution in [2.45, 2.75) is 20.4 Å². The van der Waals surface area contributed by atoms with Gasteiger partial charge < -0.3 is 10.2 Å². The van der Waals surface area contributed by atoms with Crippen LogP contribution in [0.3, 0.4) is 0 Å². The van der Waals surface area contributed by atoms with Crippen LogP contribution in [-0.4, -0.2) is 54.8 Å². The van der Waals surface area contributed by atoms with Crippen LogP contribution < -0.4 is 5.32 Å². The van der Waals surface area contributed by atoms with Crippen LogP contribution >= 0.6 is 0 Å². The van der Waals surface area contributed by atoms with Gasteiger partial charge in [-0.15, -0.1) is 0 Å². The van der Waals surface area contributed by atoms with Crippen LogP contribution in [0.25, 0.3) is 0 Å². The summed E-state index contributed by atoms with van der Waals surface area (Å²) in [5, 5.41) is 2.62. The fourth-order valence-corrected chi connectivity index (χ4v) is 2.66. The van der Waals surface area contributed by atoms with Crippen LogP contribution in [0, 0.1) is 5.92 Å². The zero-order valence-electron chi connectivity index (χ0n) is 13.6. The van der Waals surface area contributed by atoms with E-state index in [0.29, 0.717) is 5.56 Å². The van der Waals surface area contributed by atoms with E-state index in [0.717, 1.165) is 32.7 Å². The van der Waals surface area contributed by atoms with Gasteiger partial charge in [0.2, 0.25) is 5.91 Å². The highest BCUT2D eigenvalue weighted by Gasteiger charge is 2.22. The van der Waals surface area contributed by atoms with Gasteiger partial charge in [0.1, 0.15) is 0 Å². The van der Waals surface area contributed by atoms with Crippen molar-refractivity contribution in [1.29, 1.82) is 0 Å². The summed E-state index contributed by atoms with van der Waals surface area (Å²) in [6.07, 6.45) is 0. The van der Waals surface area contributed by atoms with Gasteiger partial charge in [0.25, 0.3) is 5.91 Å². The number of carbonyl (C=O) groups is 2. The molecule has 5 heteroatoms. The van der Waals surface area contributed by atoms with Crippen LogP contribution in [0.5, 0.6) is 0 Å². The van der Waals surface area contributed by atoms with Gasteiger partial charge in [-0.25, -0.2) is 0 Å². The molecule has 0 aliphatic carbocycles. The van der Waals surface area contributed by atoms with Crippen LogP contribution in [0.2, 0.25) is 0 Å². The van der Waals surface area contributed by atoms with Gasteiger partial charge in [-0.1, -0.05) is 26.0 Å². The van der Waals surface area contributed by atoms with Crippen molar-refractivity contribution < 1.29 is 9.59 Å². The van der Waals surface area contributed by atoms with Crippen molar-refractivity contribution in [2.75, 3.05) is 33.2 Å². The minimum absolute atomic E-state index is 0.0626. The fraction of sp³-hybridized carbons (Fsp3) is 0.529. The average molecular weight is 303 g/mol. The topological polar surface area (TPSA) is 52.7 Å². The molecule has 0 atom stereocenters. The Morgan fingerprint density at radius 1 is 1.09 bits per heavy atom. The number of benzene rings is 1. The molecule has 1 fully saturated rings. The SMILES string of the molecule is CNC(=O)c1ccc(CN2CCN(C(=O)C(C)C)CC2)cc1. The lowest BCUT2D eigenvalue weighted by atomic mass is 10.1.